The lowest BCUT2D eigenvalue weighted by Gasteiger charge is -2.22. The Bertz CT molecular complexity index is 416. The normalized spacial score (nSPS) is 22.5. The van der Waals surface area contributed by atoms with Gasteiger partial charge >= 0.3 is 0 Å². The second kappa shape index (κ2) is 7.14. The molecule has 2 rings (SSSR count). The van der Waals surface area contributed by atoms with E-state index >= 15 is 0 Å². The molecule has 1 aromatic rings. The van der Waals surface area contributed by atoms with Crippen LogP contribution < -0.4 is 5.73 Å². The van der Waals surface area contributed by atoms with Gasteiger partial charge in [0.25, 0.3) is 0 Å². The minimum atomic E-state index is -0.556. The van der Waals surface area contributed by atoms with Gasteiger partial charge in [0.05, 0.1) is 0 Å². The van der Waals surface area contributed by atoms with Gasteiger partial charge < -0.3 is 10.6 Å². The van der Waals surface area contributed by atoms with Crippen molar-refractivity contribution in [3.05, 3.63) is 35.4 Å². The molecule has 0 amide bonds. The Labute approximate surface area is 120 Å². The van der Waals surface area contributed by atoms with E-state index in [4.69, 9.17) is 5.73 Å². The van der Waals surface area contributed by atoms with Crippen LogP contribution in [0.15, 0.2) is 18.2 Å². The smallest absolute Gasteiger partial charge is 0.126 e. The quantitative estimate of drug-likeness (QED) is 0.916. The van der Waals surface area contributed by atoms with E-state index in [1.165, 1.54) is 31.4 Å². The Kier molecular flexibility index (Phi) is 5.49. The zero-order chi connectivity index (χ0) is 14.5. The van der Waals surface area contributed by atoms with Gasteiger partial charge in [0.15, 0.2) is 0 Å². The van der Waals surface area contributed by atoms with Gasteiger partial charge in [-0.2, -0.15) is 0 Å². The molecule has 0 radical (unpaired) electrons. The van der Waals surface area contributed by atoms with Crippen LogP contribution in [-0.4, -0.2) is 24.5 Å². The van der Waals surface area contributed by atoms with Gasteiger partial charge in [-0.15, -0.1) is 0 Å². The lowest BCUT2D eigenvalue weighted by Crippen LogP contribution is -2.28. The van der Waals surface area contributed by atoms with Crippen molar-refractivity contribution in [3.63, 3.8) is 0 Å². The number of halogens is 2. The summed E-state index contributed by atoms with van der Waals surface area (Å²) in [5, 5.41) is 0. The highest BCUT2D eigenvalue weighted by atomic mass is 19.1. The van der Waals surface area contributed by atoms with Gasteiger partial charge in [-0.05, 0) is 68.9 Å². The van der Waals surface area contributed by atoms with E-state index < -0.39 is 11.6 Å². The van der Waals surface area contributed by atoms with Crippen molar-refractivity contribution < 1.29 is 8.78 Å². The third kappa shape index (κ3) is 4.53. The third-order valence-corrected chi connectivity index (χ3v) is 4.18. The van der Waals surface area contributed by atoms with E-state index in [1.54, 1.807) is 0 Å². The standard InChI is InChI=1S/C16H24F2N2/c1-12-3-2-6-20(7-4-12)8-5-16(19)13-9-14(17)11-15(18)10-13/h9-12,16H,2-8,19H2,1H3. The molecule has 1 aliphatic heterocycles. The minimum absolute atomic E-state index is 0.305. The number of hydrogen-bond acceptors (Lipinski definition) is 2. The number of hydrogen-bond donors (Lipinski definition) is 1. The van der Waals surface area contributed by atoms with E-state index in [-0.39, 0.29) is 6.04 Å². The van der Waals surface area contributed by atoms with Crippen molar-refractivity contribution in [2.24, 2.45) is 11.7 Å². The maximum absolute atomic E-state index is 13.2. The van der Waals surface area contributed by atoms with Crippen LogP contribution in [0.2, 0.25) is 0 Å². The molecule has 1 aromatic carbocycles. The first-order chi connectivity index (χ1) is 9.54. The van der Waals surface area contributed by atoms with Crippen molar-refractivity contribution in [2.75, 3.05) is 19.6 Å². The molecule has 0 bridgehead atoms. The highest BCUT2D eigenvalue weighted by molar-refractivity contribution is 5.21. The highest BCUT2D eigenvalue weighted by Gasteiger charge is 2.15. The molecule has 0 aromatic heterocycles. The third-order valence-electron chi connectivity index (χ3n) is 4.18. The second-order valence-corrected chi connectivity index (χ2v) is 5.98. The first kappa shape index (κ1) is 15.4. The monoisotopic (exact) mass is 282 g/mol. The molecule has 20 heavy (non-hydrogen) atoms. The number of nitrogens with two attached hydrogens (primary N) is 1. The lowest BCUT2D eigenvalue weighted by atomic mass is 10.0. The van der Waals surface area contributed by atoms with E-state index in [0.29, 0.717) is 5.56 Å². The second-order valence-electron chi connectivity index (χ2n) is 5.98. The van der Waals surface area contributed by atoms with E-state index in [9.17, 15) is 8.78 Å². The summed E-state index contributed by atoms with van der Waals surface area (Å²) >= 11 is 0. The molecule has 2 nitrogen and oxygen atoms in total. The summed E-state index contributed by atoms with van der Waals surface area (Å²) < 4.78 is 26.3. The first-order valence-corrected chi connectivity index (χ1v) is 7.48. The molecule has 0 aliphatic carbocycles. The van der Waals surface area contributed by atoms with Crippen LogP contribution in [0.1, 0.15) is 44.2 Å². The SMILES string of the molecule is CC1CCCN(CCC(N)c2cc(F)cc(F)c2)CC1. The van der Waals surface area contributed by atoms with Crippen LogP contribution in [-0.2, 0) is 0 Å². The zero-order valence-corrected chi connectivity index (χ0v) is 12.1. The van der Waals surface area contributed by atoms with Gasteiger partial charge in [0, 0.05) is 12.1 Å². The molecule has 2 unspecified atom stereocenters. The summed E-state index contributed by atoms with van der Waals surface area (Å²) in [6, 6.07) is 3.24. The maximum Gasteiger partial charge on any atom is 0.126 e. The molecule has 0 saturated carbocycles. The largest absolute Gasteiger partial charge is 0.324 e. The molecule has 2 atom stereocenters. The van der Waals surface area contributed by atoms with Gasteiger partial charge in [-0.1, -0.05) is 6.92 Å². The average molecular weight is 282 g/mol. The van der Waals surface area contributed by atoms with Crippen LogP contribution in [0.3, 0.4) is 0 Å². The van der Waals surface area contributed by atoms with E-state index in [1.807, 2.05) is 0 Å². The Hall–Kier alpha value is -1.00. The van der Waals surface area contributed by atoms with Gasteiger partial charge in [-0.25, -0.2) is 8.78 Å². The van der Waals surface area contributed by atoms with E-state index in [2.05, 4.69) is 11.8 Å². The summed E-state index contributed by atoms with van der Waals surface area (Å²) in [7, 11) is 0. The van der Waals surface area contributed by atoms with Crippen molar-refractivity contribution in [1.29, 1.82) is 0 Å². The number of nitrogens with zero attached hydrogens (tertiary/aromatic N) is 1. The topological polar surface area (TPSA) is 29.3 Å². The highest BCUT2D eigenvalue weighted by Crippen LogP contribution is 2.20. The summed E-state index contributed by atoms with van der Waals surface area (Å²) in [6.45, 7) is 5.40. The fourth-order valence-corrected chi connectivity index (χ4v) is 2.82. The van der Waals surface area contributed by atoms with Crippen LogP contribution in [0.25, 0.3) is 0 Å². The van der Waals surface area contributed by atoms with Crippen LogP contribution in [0, 0.1) is 17.6 Å². The van der Waals surface area contributed by atoms with Crippen LogP contribution in [0.4, 0.5) is 8.78 Å². The van der Waals surface area contributed by atoms with Crippen LogP contribution in [0.5, 0.6) is 0 Å². The maximum atomic E-state index is 13.2. The first-order valence-electron chi connectivity index (χ1n) is 7.48. The Morgan fingerprint density at radius 3 is 2.60 bits per heavy atom. The molecule has 1 heterocycles. The molecular weight excluding hydrogens is 258 g/mol. The number of likely N-dealkylation sites (tertiary alicyclic amines) is 1. The van der Waals surface area contributed by atoms with Crippen molar-refractivity contribution in [3.8, 4) is 0 Å². The Morgan fingerprint density at radius 2 is 1.90 bits per heavy atom. The Balaban J connectivity index is 1.86. The fourth-order valence-electron chi connectivity index (χ4n) is 2.82. The summed E-state index contributed by atoms with van der Waals surface area (Å²) in [5.74, 6) is -0.316. The lowest BCUT2D eigenvalue weighted by molar-refractivity contribution is 0.270. The van der Waals surface area contributed by atoms with Gasteiger partial charge in [0.2, 0.25) is 0 Å². The van der Waals surface area contributed by atoms with Crippen molar-refractivity contribution in [2.45, 2.75) is 38.6 Å². The average Bonchev–Trinajstić information content (AvgIpc) is 2.59. The van der Waals surface area contributed by atoms with Crippen molar-refractivity contribution in [1.82, 2.24) is 4.90 Å². The molecule has 1 fully saturated rings. The molecule has 1 saturated heterocycles. The number of benzene rings is 1. The molecule has 112 valence electrons. The molecule has 4 heteroatoms. The molecule has 2 N–H and O–H groups in total. The fraction of sp³-hybridized carbons (Fsp3) is 0.625. The summed E-state index contributed by atoms with van der Waals surface area (Å²) in [5.41, 5.74) is 6.60. The molecule has 1 aliphatic rings. The minimum Gasteiger partial charge on any atom is -0.324 e. The molecular formula is C16H24F2N2. The predicted molar refractivity (Wildman–Crippen MR) is 77.4 cm³/mol. The number of rotatable bonds is 4. The van der Waals surface area contributed by atoms with Crippen LogP contribution >= 0.6 is 0 Å². The van der Waals surface area contributed by atoms with Gasteiger partial charge in [-0.3, -0.25) is 0 Å². The molecule has 0 spiro atoms. The predicted octanol–water partition coefficient (Wildman–Crippen LogP) is 3.48. The van der Waals surface area contributed by atoms with E-state index in [0.717, 1.165) is 38.0 Å². The van der Waals surface area contributed by atoms with Gasteiger partial charge in [0.1, 0.15) is 11.6 Å². The van der Waals surface area contributed by atoms with Crippen molar-refractivity contribution >= 4 is 0 Å². The Morgan fingerprint density at radius 1 is 1.20 bits per heavy atom. The summed E-state index contributed by atoms with van der Waals surface area (Å²) in [4.78, 5) is 2.42. The zero-order valence-electron chi connectivity index (χ0n) is 12.1. The summed E-state index contributed by atoms with van der Waals surface area (Å²) in [6.07, 6.45) is 4.48.